The van der Waals surface area contributed by atoms with Gasteiger partial charge in [-0.05, 0) is 26.3 Å². The summed E-state index contributed by atoms with van der Waals surface area (Å²) in [7, 11) is 1.77. The van der Waals surface area contributed by atoms with Crippen LogP contribution in [-0.4, -0.2) is 38.4 Å². The van der Waals surface area contributed by atoms with Crippen molar-refractivity contribution in [2.45, 2.75) is 38.3 Å². The second-order valence-corrected chi connectivity index (χ2v) is 3.51. The van der Waals surface area contributed by atoms with Gasteiger partial charge in [0, 0.05) is 6.61 Å². The molecule has 1 heterocycles. The molecular weight excluding hydrogens is 182 g/mol. The van der Waals surface area contributed by atoms with Crippen molar-refractivity contribution in [3.8, 4) is 0 Å². The van der Waals surface area contributed by atoms with Crippen LogP contribution in [0.2, 0.25) is 0 Å². The average Bonchev–Trinajstić information content (AvgIpc) is 2.69. The topological polar surface area (TPSA) is 47.6 Å². The molecular formula is C10H19NO3. The van der Waals surface area contributed by atoms with Crippen LogP contribution in [0.4, 0.5) is 0 Å². The van der Waals surface area contributed by atoms with Gasteiger partial charge in [-0.1, -0.05) is 6.92 Å². The molecule has 14 heavy (non-hydrogen) atoms. The third kappa shape index (κ3) is 3.27. The van der Waals surface area contributed by atoms with Gasteiger partial charge in [0.1, 0.15) is 12.6 Å². The van der Waals surface area contributed by atoms with Crippen molar-refractivity contribution in [1.29, 1.82) is 0 Å². The van der Waals surface area contributed by atoms with E-state index in [-0.39, 0.29) is 18.1 Å². The van der Waals surface area contributed by atoms with E-state index in [4.69, 9.17) is 9.47 Å². The normalized spacial score (nSPS) is 23.4. The fraction of sp³-hybridized carbons (Fsp3) is 0.900. The zero-order valence-electron chi connectivity index (χ0n) is 8.91. The van der Waals surface area contributed by atoms with Crippen LogP contribution in [0.25, 0.3) is 0 Å². The summed E-state index contributed by atoms with van der Waals surface area (Å²) in [6, 6.07) is -0.184. The summed E-state index contributed by atoms with van der Waals surface area (Å²) in [5.41, 5.74) is 0. The van der Waals surface area contributed by atoms with Crippen LogP contribution in [0.3, 0.4) is 0 Å². The van der Waals surface area contributed by atoms with Gasteiger partial charge < -0.3 is 14.8 Å². The van der Waals surface area contributed by atoms with E-state index < -0.39 is 0 Å². The zero-order chi connectivity index (χ0) is 10.4. The molecule has 0 radical (unpaired) electrons. The monoisotopic (exact) mass is 201 g/mol. The molecule has 0 aromatic carbocycles. The minimum atomic E-state index is -0.184. The predicted molar refractivity (Wildman–Crippen MR) is 53.1 cm³/mol. The van der Waals surface area contributed by atoms with Crippen LogP contribution in [0.5, 0.6) is 0 Å². The Labute approximate surface area is 85.0 Å². The third-order valence-corrected chi connectivity index (χ3v) is 2.48. The van der Waals surface area contributed by atoms with E-state index in [2.05, 4.69) is 5.32 Å². The fourth-order valence-electron chi connectivity index (χ4n) is 1.54. The third-order valence-electron chi connectivity index (χ3n) is 2.48. The quantitative estimate of drug-likeness (QED) is 0.665. The van der Waals surface area contributed by atoms with E-state index in [1.54, 1.807) is 7.05 Å². The van der Waals surface area contributed by atoms with Crippen LogP contribution < -0.4 is 5.32 Å². The maximum absolute atomic E-state index is 11.4. The lowest BCUT2D eigenvalue weighted by atomic mass is 10.2. The Balaban J connectivity index is 2.18. The molecule has 0 aromatic heterocycles. The highest BCUT2D eigenvalue weighted by Crippen LogP contribution is 2.12. The number of esters is 1. The van der Waals surface area contributed by atoms with E-state index in [0.717, 1.165) is 25.9 Å². The number of rotatable bonds is 5. The average molecular weight is 201 g/mol. The first-order valence-corrected chi connectivity index (χ1v) is 5.23. The standard InChI is InChI=1S/C10H19NO3/c1-3-9(11-2)10(12)14-7-8-5-4-6-13-8/h8-9,11H,3-7H2,1-2H3. The lowest BCUT2D eigenvalue weighted by Gasteiger charge is -2.15. The summed E-state index contributed by atoms with van der Waals surface area (Å²) in [6.45, 7) is 3.15. The van der Waals surface area contributed by atoms with Gasteiger partial charge >= 0.3 is 5.97 Å². The Kier molecular flexibility index (Phi) is 4.90. The van der Waals surface area contributed by atoms with Crippen LogP contribution >= 0.6 is 0 Å². The van der Waals surface area contributed by atoms with Crippen LogP contribution in [0.15, 0.2) is 0 Å². The largest absolute Gasteiger partial charge is 0.462 e. The van der Waals surface area contributed by atoms with Gasteiger partial charge in [0.2, 0.25) is 0 Å². The molecule has 2 atom stereocenters. The molecule has 1 N–H and O–H groups in total. The highest BCUT2D eigenvalue weighted by atomic mass is 16.6. The molecule has 1 saturated heterocycles. The number of likely N-dealkylation sites (N-methyl/N-ethyl adjacent to an activating group) is 1. The smallest absolute Gasteiger partial charge is 0.323 e. The minimum Gasteiger partial charge on any atom is -0.462 e. The molecule has 82 valence electrons. The number of carbonyl (C=O) groups excluding carboxylic acids is 1. The molecule has 4 nitrogen and oxygen atoms in total. The van der Waals surface area contributed by atoms with Gasteiger partial charge in [-0.2, -0.15) is 0 Å². The Morgan fingerprint density at radius 2 is 2.50 bits per heavy atom. The van der Waals surface area contributed by atoms with E-state index >= 15 is 0 Å². The molecule has 0 spiro atoms. The van der Waals surface area contributed by atoms with Gasteiger partial charge in [0.05, 0.1) is 6.10 Å². The molecule has 2 unspecified atom stereocenters. The van der Waals surface area contributed by atoms with Crippen molar-refractivity contribution in [2.24, 2.45) is 0 Å². The number of nitrogens with one attached hydrogen (secondary N) is 1. The lowest BCUT2D eigenvalue weighted by Crippen LogP contribution is -2.36. The van der Waals surface area contributed by atoms with E-state index in [0.29, 0.717) is 6.61 Å². The summed E-state index contributed by atoms with van der Waals surface area (Å²) in [5.74, 6) is -0.175. The first-order chi connectivity index (χ1) is 6.77. The van der Waals surface area contributed by atoms with Crippen molar-refractivity contribution >= 4 is 5.97 Å². The molecule has 0 aliphatic carbocycles. The molecule has 4 heteroatoms. The molecule has 0 saturated carbocycles. The maximum atomic E-state index is 11.4. The van der Waals surface area contributed by atoms with Crippen LogP contribution in [-0.2, 0) is 14.3 Å². The SMILES string of the molecule is CCC(NC)C(=O)OCC1CCCO1. The van der Waals surface area contributed by atoms with E-state index in [1.165, 1.54) is 0 Å². The van der Waals surface area contributed by atoms with Crippen molar-refractivity contribution in [3.05, 3.63) is 0 Å². The Morgan fingerprint density at radius 3 is 3.00 bits per heavy atom. The van der Waals surface area contributed by atoms with Crippen LogP contribution in [0, 0.1) is 0 Å². The molecule has 0 bridgehead atoms. The molecule has 1 rings (SSSR count). The van der Waals surface area contributed by atoms with Gasteiger partial charge in [0.15, 0.2) is 0 Å². The Hall–Kier alpha value is -0.610. The van der Waals surface area contributed by atoms with E-state index in [9.17, 15) is 4.79 Å². The van der Waals surface area contributed by atoms with Crippen molar-refractivity contribution < 1.29 is 14.3 Å². The highest BCUT2D eigenvalue weighted by Gasteiger charge is 2.20. The minimum absolute atomic E-state index is 0.119. The maximum Gasteiger partial charge on any atom is 0.323 e. The van der Waals surface area contributed by atoms with Crippen LogP contribution in [0.1, 0.15) is 26.2 Å². The molecule has 1 fully saturated rings. The van der Waals surface area contributed by atoms with Crippen molar-refractivity contribution in [1.82, 2.24) is 5.32 Å². The molecule has 0 aromatic rings. The predicted octanol–water partition coefficient (Wildman–Crippen LogP) is 0.707. The fourth-order valence-corrected chi connectivity index (χ4v) is 1.54. The summed E-state index contributed by atoms with van der Waals surface area (Å²) in [5, 5.41) is 2.91. The summed E-state index contributed by atoms with van der Waals surface area (Å²) < 4.78 is 10.5. The number of carbonyl (C=O) groups is 1. The summed E-state index contributed by atoms with van der Waals surface area (Å²) >= 11 is 0. The zero-order valence-corrected chi connectivity index (χ0v) is 8.91. The summed E-state index contributed by atoms with van der Waals surface area (Å²) in [4.78, 5) is 11.4. The highest BCUT2D eigenvalue weighted by molar-refractivity contribution is 5.75. The van der Waals surface area contributed by atoms with Gasteiger partial charge in [-0.25, -0.2) is 0 Å². The Morgan fingerprint density at radius 1 is 1.71 bits per heavy atom. The van der Waals surface area contributed by atoms with Gasteiger partial charge in [-0.15, -0.1) is 0 Å². The van der Waals surface area contributed by atoms with Crippen molar-refractivity contribution in [3.63, 3.8) is 0 Å². The Bertz CT molecular complexity index is 174. The van der Waals surface area contributed by atoms with Gasteiger partial charge in [-0.3, -0.25) is 4.79 Å². The van der Waals surface area contributed by atoms with Crippen molar-refractivity contribution in [2.75, 3.05) is 20.3 Å². The van der Waals surface area contributed by atoms with Gasteiger partial charge in [0.25, 0.3) is 0 Å². The second-order valence-electron chi connectivity index (χ2n) is 3.51. The molecule has 0 amide bonds. The molecule has 1 aliphatic rings. The lowest BCUT2D eigenvalue weighted by molar-refractivity contribution is -0.149. The first-order valence-electron chi connectivity index (χ1n) is 5.23. The second kappa shape index (κ2) is 5.98. The van der Waals surface area contributed by atoms with E-state index in [1.807, 2.05) is 6.92 Å². The number of ether oxygens (including phenoxy) is 2. The summed E-state index contributed by atoms with van der Waals surface area (Å²) in [6.07, 6.45) is 2.95. The first kappa shape index (κ1) is 11.5. The molecule has 1 aliphatic heterocycles. The number of hydrogen-bond acceptors (Lipinski definition) is 4. The number of hydrogen-bond donors (Lipinski definition) is 1.